The lowest BCUT2D eigenvalue weighted by molar-refractivity contribution is -0.157. The second kappa shape index (κ2) is 10.2. The van der Waals surface area contributed by atoms with Gasteiger partial charge in [0.05, 0.1) is 30.2 Å². The summed E-state index contributed by atoms with van der Waals surface area (Å²) in [5.74, 6) is -7.36. The molecule has 2 aromatic carbocycles. The number of nitrogens with zero attached hydrogens (tertiary/aromatic N) is 3. The summed E-state index contributed by atoms with van der Waals surface area (Å²) >= 11 is 0. The average Bonchev–Trinajstić information content (AvgIpc) is 3.28. The number of hydrogen-bond acceptors (Lipinski definition) is 6. The number of esters is 2. The highest BCUT2D eigenvalue weighted by molar-refractivity contribution is 6.03. The normalized spacial score (nSPS) is 11.2. The number of hydrogen-bond donors (Lipinski definition) is 0. The molecule has 0 radical (unpaired) electrons. The zero-order valence-electron chi connectivity index (χ0n) is 19.7. The van der Waals surface area contributed by atoms with Crippen molar-refractivity contribution in [1.82, 2.24) is 14.4 Å². The number of rotatable bonds is 7. The topological polar surface area (TPSA) is 82.8 Å². The van der Waals surface area contributed by atoms with Crippen molar-refractivity contribution in [2.75, 3.05) is 13.2 Å². The maximum absolute atomic E-state index is 15.3. The molecule has 0 aliphatic rings. The molecule has 0 unspecified atom stereocenters. The monoisotopic (exact) mass is 497 g/mol. The van der Waals surface area contributed by atoms with Gasteiger partial charge in [-0.15, -0.1) is 0 Å². The van der Waals surface area contributed by atoms with E-state index in [0.29, 0.717) is 17.7 Å². The standard InChI is InChI=1S/C26H22F3N3O4/c1-4-35-24(33)21(25(34)36-5-2)22-20(19-17(28)12-16(27)13-18(19)29)23(15-8-6-14(3)7-9-15)32-11-10-30-26(32)31-22/h6-13,21H,4-5H2,1-3H3. The summed E-state index contributed by atoms with van der Waals surface area (Å²) in [5.41, 5.74) is 0.374. The number of ether oxygens (including phenoxy) is 2. The van der Waals surface area contributed by atoms with Gasteiger partial charge in [0.15, 0.2) is 5.92 Å². The Hall–Kier alpha value is -4.21. The van der Waals surface area contributed by atoms with E-state index in [2.05, 4.69) is 9.97 Å². The molecule has 4 rings (SSSR count). The number of imidazole rings is 1. The summed E-state index contributed by atoms with van der Waals surface area (Å²) in [7, 11) is 0. The van der Waals surface area contributed by atoms with E-state index >= 15 is 8.78 Å². The Morgan fingerprint density at radius 3 is 2.08 bits per heavy atom. The van der Waals surface area contributed by atoms with Crippen LogP contribution < -0.4 is 0 Å². The Morgan fingerprint density at radius 1 is 0.944 bits per heavy atom. The Bertz CT molecular complexity index is 1410. The van der Waals surface area contributed by atoms with Gasteiger partial charge in [-0.2, -0.15) is 0 Å². The van der Waals surface area contributed by atoms with Crippen molar-refractivity contribution in [3.05, 3.63) is 77.5 Å². The van der Waals surface area contributed by atoms with Crippen LogP contribution in [0.4, 0.5) is 13.2 Å². The Morgan fingerprint density at radius 2 is 1.53 bits per heavy atom. The Kier molecular flexibility index (Phi) is 7.05. The van der Waals surface area contributed by atoms with Crippen molar-refractivity contribution in [3.8, 4) is 22.4 Å². The number of fused-ring (bicyclic) bond motifs is 1. The minimum Gasteiger partial charge on any atom is -0.465 e. The fraction of sp³-hybridized carbons (Fsp3) is 0.231. The number of aromatic nitrogens is 3. The van der Waals surface area contributed by atoms with Crippen LogP contribution in [0, 0.1) is 24.4 Å². The molecule has 0 spiro atoms. The third kappa shape index (κ3) is 4.53. The zero-order valence-corrected chi connectivity index (χ0v) is 19.7. The van der Waals surface area contributed by atoms with Crippen molar-refractivity contribution < 1.29 is 32.2 Å². The van der Waals surface area contributed by atoms with Crippen molar-refractivity contribution >= 4 is 17.7 Å². The van der Waals surface area contributed by atoms with E-state index < -0.39 is 40.9 Å². The minimum atomic E-state index is -1.78. The van der Waals surface area contributed by atoms with Crippen LogP contribution in [0.25, 0.3) is 28.2 Å². The summed E-state index contributed by atoms with van der Waals surface area (Å²) in [6.45, 7) is 4.82. The SMILES string of the molecule is CCOC(=O)C(C(=O)OCC)c1nc2nccn2c(-c2ccc(C)cc2)c1-c1c(F)cc(F)cc1F. The van der Waals surface area contributed by atoms with E-state index in [0.717, 1.165) is 5.56 Å². The third-order valence-corrected chi connectivity index (χ3v) is 5.48. The summed E-state index contributed by atoms with van der Waals surface area (Å²) in [6, 6.07) is 8.02. The number of carbonyl (C=O) groups excluding carboxylic acids is 2. The second-order valence-corrected chi connectivity index (χ2v) is 7.87. The molecule has 0 bridgehead atoms. The van der Waals surface area contributed by atoms with Gasteiger partial charge in [-0.3, -0.25) is 14.0 Å². The molecular formula is C26H22F3N3O4. The fourth-order valence-corrected chi connectivity index (χ4v) is 3.96. The van der Waals surface area contributed by atoms with Crippen LogP contribution in [0.2, 0.25) is 0 Å². The highest BCUT2D eigenvalue weighted by Crippen LogP contribution is 2.41. The van der Waals surface area contributed by atoms with Gasteiger partial charge in [0, 0.05) is 30.1 Å². The first-order chi connectivity index (χ1) is 17.3. The fourth-order valence-electron chi connectivity index (χ4n) is 3.96. The number of halogens is 3. The molecule has 0 aliphatic heterocycles. The van der Waals surface area contributed by atoms with E-state index in [9.17, 15) is 14.0 Å². The molecule has 36 heavy (non-hydrogen) atoms. The molecule has 10 heteroatoms. The van der Waals surface area contributed by atoms with Crippen molar-refractivity contribution in [2.24, 2.45) is 0 Å². The van der Waals surface area contributed by atoms with E-state index in [1.54, 1.807) is 38.1 Å². The van der Waals surface area contributed by atoms with Crippen molar-refractivity contribution in [1.29, 1.82) is 0 Å². The van der Waals surface area contributed by atoms with Crippen LogP contribution in [-0.4, -0.2) is 39.5 Å². The van der Waals surface area contributed by atoms with Gasteiger partial charge in [0.2, 0.25) is 5.78 Å². The Labute approximate surface area is 204 Å². The lowest BCUT2D eigenvalue weighted by Crippen LogP contribution is -2.28. The van der Waals surface area contributed by atoms with E-state index in [-0.39, 0.29) is 35.9 Å². The van der Waals surface area contributed by atoms with Crippen LogP contribution in [0.15, 0.2) is 48.8 Å². The molecule has 4 aromatic rings. The van der Waals surface area contributed by atoms with Gasteiger partial charge in [0.1, 0.15) is 17.5 Å². The van der Waals surface area contributed by atoms with Gasteiger partial charge < -0.3 is 9.47 Å². The molecule has 2 heterocycles. The van der Waals surface area contributed by atoms with Gasteiger partial charge in [-0.1, -0.05) is 29.8 Å². The molecule has 7 nitrogen and oxygen atoms in total. The molecule has 0 saturated carbocycles. The lowest BCUT2D eigenvalue weighted by Gasteiger charge is -2.22. The smallest absolute Gasteiger partial charge is 0.326 e. The highest BCUT2D eigenvalue weighted by atomic mass is 19.1. The minimum absolute atomic E-state index is 0.0610. The number of carbonyl (C=O) groups is 2. The van der Waals surface area contributed by atoms with E-state index in [4.69, 9.17) is 9.47 Å². The first kappa shape index (κ1) is 24.9. The summed E-state index contributed by atoms with van der Waals surface area (Å²) < 4.78 is 56.0. The van der Waals surface area contributed by atoms with Crippen molar-refractivity contribution in [2.45, 2.75) is 26.7 Å². The lowest BCUT2D eigenvalue weighted by atomic mass is 9.90. The maximum Gasteiger partial charge on any atom is 0.326 e. The van der Waals surface area contributed by atoms with Crippen LogP contribution in [-0.2, 0) is 19.1 Å². The largest absolute Gasteiger partial charge is 0.465 e. The van der Waals surface area contributed by atoms with Crippen LogP contribution in [0.3, 0.4) is 0 Å². The zero-order chi connectivity index (χ0) is 26.0. The molecule has 0 fully saturated rings. The summed E-state index contributed by atoms with van der Waals surface area (Å²) in [4.78, 5) is 34.5. The van der Waals surface area contributed by atoms with Crippen LogP contribution in [0.1, 0.15) is 31.0 Å². The van der Waals surface area contributed by atoms with E-state index in [1.807, 2.05) is 6.92 Å². The molecule has 0 amide bonds. The van der Waals surface area contributed by atoms with Gasteiger partial charge in [-0.25, -0.2) is 23.1 Å². The van der Waals surface area contributed by atoms with E-state index in [1.165, 1.54) is 16.8 Å². The molecule has 186 valence electrons. The Balaban J connectivity index is 2.19. The van der Waals surface area contributed by atoms with Gasteiger partial charge in [-0.05, 0) is 26.3 Å². The summed E-state index contributed by atoms with van der Waals surface area (Å²) in [5, 5.41) is 0. The van der Waals surface area contributed by atoms with Gasteiger partial charge >= 0.3 is 11.9 Å². The molecule has 0 atom stereocenters. The van der Waals surface area contributed by atoms with Gasteiger partial charge in [0.25, 0.3) is 0 Å². The van der Waals surface area contributed by atoms with Crippen molar-refractivity contribution in [3.63, 3.8) is 0 Å². The van der Waals surface area contributed by atoms with Crippen LogP contribution in [0.5, 0.6) is 0 Å². The quantitative estimate of drug-likeness (QED) is 0.264. The summed E-state index contributed by atoms with van der Waals surface area (Å²) in [6.07, 6.45) is 2.93. The molecule has 2 aromatic heterocycles. The molecule has 0 N–H and O–H groups in total. The predicted molar refractivity (Wildman–Crippen MR) is 124 cm³/mol. The predicted octanol–water partition coefficient (Wildman–Crippen LogP) is 5.00. The first-order valence-corrected chi connectivity index (χ1v) is 11.2. The second-order valence-electron chi connectivity index (χ2n) is 7.87. The average molecular weight is 497 g/mol. The number of benzene rings is 2. The first-order valence-electron chi connectivity index (χ1n) is 11.2. The molecular weight excluding hydrogens is 475 g/mol. The maximum atomic E-state index is 15.3. The third-order valence-electron chi connectivity index (χ3n) is 5.48. The molecule has 0 aliphatic carbocycles. The van der Waals surface area contributed by atoms with Crippen LogP contribution >= 0.6 is 0 Å². The number of aryl methyl sites for hydroxylation is 1. The molecule has 0 saturated heterocycles. The highest BCUT2D eigenvalue weighted by Gasteiger charge is 2.38.